The van der Waals surface area contributed by atoms with E-state index in [2.05, 4.69) is 10.2 Å². The van der Waals surface area contributed by atoms with Gasteiger partial charge in [-0.25, -0.2) is 0 Å². The zero-order valence-corrected chi connectivity index (χ0v) is 14.4. The molecule has 5 heteroatoms. The van der Waals surface area contributed by atoms with Crippen molar-refractivity contribution >= 4 is 35.1 Å². The molecule has 0 saturated carbocycles. The van der Waals surface area contributed by atoms with Crippen LogP contribution in [0.4, 0.5) is 0 Å². The van der Waals surface area contributed by atoms with Gasteiger partial charge in [0, 0.05) is 21.2 Å². The molecule has 0 spiro atoms. The van der Waals surface area contributed by atoms with Gasteiger partial charge >= 0.3 is 0 Å². The molecule has 0 aliphatic heterocycles. The van der Waals surface area contributed by atoms with Crippen LogP contribution in [0.5, 0.6) is 0 Å². The molecule has 0 unspecified atom stereocenters. The summed E-state index contributed by atoms with van der Waals surface area (Å²) in [5.41, 5.74) is 3.98. The summed E-state index contributed by atoms with van der Waals surface area (Å²) in [5.74, 6) is -0.0857. The Balaban J connectivity index is 1.76. The number of allylic oxidation sites excluding steroid dienone is 1. The van der Waals surface area contributed by atoms with Crippen LogP contribution < -0.4 is 0 Å². The van der Waals surface area contributed by atoms with Crippen LogP contribution >= 0.6 is 23.2 Å². The quantitative estimate of drug-likeness (QED) is 0.489. The van der Waals surface area contributed by atoms with Crippen molar-refractivity contribution in [3.8, 4) is 11.3 Å². The van der Waals surface area contributed by atoms with Gasteiger partial charge in [0.25, 0.3) is 0 Å². The Bertz CT molecular complexity index is 911. The van der Waals surface area contributed by atoms with E-state index in [1.807, 2.05) is 37.3 Å². The molecule has 0 amide bonds. The van der Waals surface area contributed by atoms with E-state index in [0.717, 1.165) is 22.5 Å². The number of hydrogen-bond donors (Lipinski definition) is 1. The maximum atomic E-state index is 12.2. The van der Waals surface area contributed by atoms with Gasteiger partial charge in [0.2, 0.25) is 0 Å². The fraction of sp³-hybridized carbons (Fsp3) is 0.0526. The predicted octanol–water partition coefficient (Wildman–Crippen LogP) is 5.59. The zero-order chi connectivity index (χ0) is 17.1. The zero-order valence-electron chi connectivity index (χ0n) is 12.9. The fourth-order valence-corrected chi connectivity index (χ4v) is 2.49. The van der Waals surface area contributed by atoms with E-state index in [1.165, 1.54) is 6.08 Å². The number of carbonyl (C=O) groups excluding carboxylic acids is 1. The average Bonchev–Trinajstić information content (AvgIpc) is 3.05. The van der Waals surface area contributed by atoms with Crippen molar-refractivity contribution < 1.29 is 4.79 Å². The lowest BCUT2D eigenvalue weighted by molar-refractivity contribution is 0.104. The average molecular weight is 357 g/mol. The van der Waals surface area contributed by atoms with Crippen LogP contribution in [0.15, 0.2) is 54.6 Å². The molecule has 1 heterocycles. The third-order valence-corrected chi connectivity index (χ3v) is 4.27. The van der Waals surface area contributed by atoms with E-state index in [4.69, 9.17) is 23.2 Å². The number of H-pyrrole nitrogens is 1. The number of aryl methyl sites for hydroxylation is 1. The monoisotopic (exact) mass is 356 g/mol. The van der Waals surface area contributed by atoms with E-state index in [1.54, 1.807) is 24.3 Å². The van der Waals surface area contributed by atoms with Gasteiger partial charge in [0.1, 0.15) is 0 Å². The second kappa shape index (κ2) is 7.04. The predicted molar refractivity (Wildman–Crippen MR) is 98.6 cm³/mol. The number of aromatic nitrogens is 2. The number of hydrogen-bond acceptors (Lipinski definition) is 2. The van der Waals surface area contributed by atoms with Crippen LogP contribution in [0.25, 0.3) is 17.3 Å². The summed E-state index contributed by atoms with van der Waals surface area (Å²) in [7, 11) is 0. The Hall–Kier alpha value is -2.36. The molecule has 1 N–H and O–H groups in total. The van der Waals surface area contributed by atoms with E-state index in [0.29, 0.717) is 15.6 Å². The summed E-state index contributed by atoms with van der Waals surface area (Å²) >= 11 is 11.9. The summed E-state index contributed by atoms with van der Waals surface area (Å²) in [4.78, 5) is 12.2. The van der Waals surface area contributed by atoms with Crippen molar-refractivity contribution in [2.75, 3.05) is 0 Å². The first-order valence-electron chi connectivity index (χ1n) is 7.33. The van der Waals surface area contributed by atoms with Gasteiger partial charge in [-0.15, -0.1) is 0 Å². The number of halogens is 2. The van der Waals surface area contributed by atoms with Gasteiger partial charge in [-0.3, -0.25) is 9.89 Å². The second-order valence-electron chi connectivity index (χ2n) is 5.38. The molecule has 24 heavy (non-hydrogen) atoms. The Morgan fingerprint density at radius 2 is 1.83 bits per heavy atom. The Morgan fingerprint density at radius 1 is 1.08 bits per heavy atom. The molecular formula is C19H14Cl2N2O. The van der Waals surface area contributed by atoms with Gasteiger partial charge in [-0.2, -0.15) is 5.10 Å². The van der Waals surface area contributed by atoms with Crippen molar-refractivity contribution in [3.05, 3.63) is 81.5 Å². The molecule has 3 rings (SSSR count). The first-order chi connectivity index (χ1) is 11.5. The molecule has 0 fully saturated rings. The molecule has 2 aromatic carbocycles. The van der Waals surface area contributed by atoms with Crippen molar-refractivity contribution in [2.45, 2.75) is 6.92 Å². The van der Waals surface area contributed by atoms with E-state index in [9.17, 15) is 4.79 Å². The molecule has 0 aliphatic rings. The summed E-state index contributed by atoms with van der Waals surface area (Å²) in [6.07, 6.45) is 3.22. The summed E-state index contributed by atoms with van der Waals surface area (Å²) < 4.78 is 0. The van der Waals surface area contributed by atoms with E-state index in [-0.39, 0.29) is 5.78 Å². The van der Waals surface area contributed by atoms with Crippen LogP contribution in [0, 0.1) is 6.92 Å². The first kappa shape index (κ1) is 16.5. The maximum absolute atomic E-state index is 12.2. The molecule has 0 radical (unpaired) electrons. The maximum Gasteiger partial charge on any atom is 0.185 e. The number of rotatable bonds is 4. The highest BCUT2D eigenvalue weighted by atomic mass is 35.5. The van der Waals surface area contributed by atoms with E-state index < -0.39 is 0 Å². The number of ketones is 1. The second-order valence-corrected chi connectivity index (χ2v) is 6.22. The molecule has 0 atom stereocenters. The Morgan fingerprint density at radius 3 is 2.54 bits per heavy atom. The van der Waals surface area contributed by atoms with Crippen LogP contribution in [0.1, 0.15) is 21.6 Å². The summed E-state index contributed by atoms with van der Waals surface area (Å²) in [6, 6.07) is 14.5. The lowest BCUT2D eigenvalue weighted by Crippen LogP contribution is -1.94. The molecule has 0 aliphatic carbocycles. The van der Waals surface area contributed by atoms with Crippen molar-refractivity contribution in [3.63, 3.8) is 0 Å². The number of carbonyl (C=O) groups is 1. The van der Waals surface area contributed by atoms with Gasteiger partial charge in [-0.05, 0) is 61.0 Å². The smallest absolute Gasteiger partial charge is 0.185 e. The molecule has 3 nitrogen and oxygen atoms in total. The number of nitrogens with zero attached hydrogens (tertiary/aromatic N) is 1. The van der Waals surface area contributed by atoms with Crippen LogP contribution in [-0.4, -0.2) is 16.0 Å². The Kier molecular flexibility index (Phi) is 4.84. The van der Waals surface area contributed by atoms with Gasteiger partial charge in [-0.1, -0.05) is 35.3 Å². The lowest BCUT2D eigenvalue weighted by Gasteiger charge is -2.00. The Labute approximate surface area is 149 Å². The van der Waals surface area contributed by atoms with Crippen LogP contribution in [0.2, 0.25) is 10.0 Å². The highest BCUT2D eigenvalue weighted by molar-refractivity contribution is 6.31. The summed E-state index contributed by atoms with van der Waals surface area (Å²) in [5, 5.41) is 8.48. The van der Waals surface area contributed by atoms with Crippen LogP contribution in [0.3, 0.4) is 0 Å². The van der Waals surface area contributed by atoms with Gasteiger partial charge in [0.05, 0.1) is 11.4 Å². The lowest BCUT2D eigenvalue weighted by atomic mass is 10.1. The molecule has 0 bridgehead atoms. The van der Waals surface area contributed by atoms with Crippen molar-refractivity contribution in [2.24, 2.45) is 0 Å². The molecule has 0 saturated heterocycles. The summed E-state index contributed by atoms with van der Waals surface area (Å²) in [6.45, 7) is 1.87. The van der Waals surface area contributed by atoms with Crippen LogP contribution in [-0.2, 0) is 0 Å². The third kappa shape index (κ3) is 3.75. The normalized spacial score (nSPS) is 11.1. The molecule has 1 aromatic heterocycles. The largest absolute Gasteiger partial charge is 0.289 e. The molecular weight excluding hydrogens is 343 g/mol. The topological polar surface area (TPSA) is 45.8 Å². The van der Waals surface area contributed by atoms with Gasteiger partial charge < -0.3 is 0 Å². The first-order valence-corrected chi connectivity index (χ1v) is 8.08. The third-order valence-electron chi connectivity index (χ3n) is 3.59. The van der Waals surface area contributed by atoms with Crippen molar-refractivity contribution in [1.82, 2.24) is 10.2 Å². The number of benzene rings is 2. The standard InChI is InChI=1S/C19H14Cl2N2O/c1-12-10-14(4-8-17(12)21)19(24)9-7-16-11-18(23-22-16)13-2-5-15(20)6-3-13/h2-11H,1H3,(H,22,23)/b9-7+. The van der Waals surface area contributed by atoms with Crippen molar-refractivity contribution in [1.29, 1.82) is 0 Å². The minimum absolute atomic E-state index is 0.0857. The SMILES string of the molecule is Cc1cc(C(=O)/C=C/c2cc(-c3ccc(Cl)cc3)n[nH]2)ccc1Cl. The number of nitrogens with one attached hydrogen (secondary N) is 1. The minimum atomic E-state index is -0.0857. The molecule has 3 aromatic rings. The number of aromatic amines is 1. The molecule has 120 valence electrons. The van der Waals surface area contributed by atoms with E-state index >= 15 is 0 Å². The highest BCUT2D eigenvalue weighted by Gasteiger charge is 2.05. The fourth-order valence-electron chi connectivity index (χ4n) is 2.25. The minimum Gasteiger partial charge on any atom is -0.289 e. The van der Waals surface area contributed by atoms with Gasteiger partial charge in [0.15, 0.2) is 5.78 Å². The highest BCUT2D eigenvalue weighted by Crippen LogP contribution is 2.21.